The maximum Gasteiger partial charge on any atom is 0.191 e. The summed E-state index contributed by atoms with van der Waals surface area (Å²) in [4.78, 5) is 4.32. The monoisotopic (exact) mass is 361 g/mol. The van der Waals surface area contributed by atoms with Gasteiger partial charge in [0.25, 0.3) is 0 Å². The average molecular weight is 361 g/mol. The van der Waals surface area contributed by atoms with Crippen molar-refractivity contribution >= 4 is 5.96 Å². The number of nitrogens with one attached hydrogen (secondary N) is 2. The fourth-order valence-corrected chi connectivity index (χ4v) is 3.42. The minimum Gasteiger partial charge on any atom is -0.490 e. The van der Waals surface area contributed by atoms with Crippen LogP contribution in [-0.4, -0.2) is 50.6 Å². The number of guanidine groups is 1. The van der Waals surface area contributed by atoms with Crippen molar-refractivity contribution in [1.82, 2.24) is 10.6 Å². The average Bonchev–Trinajstić information content (AvgIpc) is 3.08. The number of aliphatic hydroxyl groups excluding tert-OH is 1. The van der Waals surface area contributed by atoms with E-state index in [0.29, 0.717) is 19.3 Å². The normalized spacial score (nSPS) is 23.5. The van der Waals surface area contributed by atoms with E-state index in [2.05, 4.69) is 21.7 Å². The number of nitrogens with zero attached hydrogens (tertiary/aromatic N) is 1. The quantitative estimate of drug-likeness (QED) is 0.488. The maximum absolute atomic E-state index is 9.35. The molecule has 144 valence electrons. The summed E-state index contributed by atoms with van der Waals surface area (Å²) in [5, 5.41) is 16.1. The van der Waals surface area contributed by atoms with Gasteiger partial charge in [-0.2, -0.15) is 0 Å². The Morgan fingerprint density at radius 2 is 2.19 bits per heavy atom. The van der Waals surface area contributed by atoms with Crippen LogP contribution in [0.25, 0.3) is 0 Å². The van der Waals surface area contributed by atoms with Crippen molar-refractivity contribution in [3.8, 4) is 5.75 Å². The van der Waals surface area contributed by atoms with Crippen LogP contribution in [0.5, 0.6) is 5.75 Å². The first-order chi connectivity index (χ1) is 12.7. The van der Waals surface area contributed by atoms with Crippen LogP contribution in [0, 0.1) is 5.41 Å². The first-order valence-corrected chi connectivity index (χ1v) is 9.62. The van der Waals surface area contributed by atoms with Crippen molar-refractivity contribution in [1.29, 1.82) is 0 Å². The number of ether oxygens (including phenoxy) is 2. The number of benzene rings is 1. The second kappa shape index (κ2) is 9.24. The standard InChI is InChI=1S/C20H31N3O3/c1-21-19(23-14-20(9-11-24)10-12-25-15-20)22-13-16-5-2-3-8-18(16)26-17-6-4-7-17/h2-3,5,8,17,24H,4,6-7,9-15H2,1H3,(H2,21,22,23). The van der Waals surface area contributed by atoms with E-state index in [-0.39, 0.29) is 12.0 Å². The maximum atomic E-state index is 9.35. The first kappa shape index (κ1) is 19.0. The first-order valence-electron chi connectivity index (χ1n) is 9.62. The van der Waals surface area contributed by atoms with Gasteiger partial charge in [0, 0.05) is 44.3 Å². The Kier molecular flexibility index (Phi) is 6.74. The predicted molar refractivity (Wildman–Crippen MR) is 102 cm³/mol. The summed E-state index contributed by atoms with van der Waals surface area (Å²) in [6.45, 7) is 3.04. The van der Waals surface area contributed by atoms with Gasteiger partial charge in [-0.1, -0.05) is 18.2 Å². The van der Waals surface area contributed by atoms with Gasteiger partial charge >= 0.3 is 0 Å². The Labute approximate surface area is 156 Å². The van der Waals surface area contributed by atoms with Crippen LogP contribution in [0.2, 0.25) is 0 Å². The zero-order valence-corrected chi connectivity index (χ0v) is 15.7. The molecule has 1 aromatic rings. The van der Waals surface area contributed by atoms with Crippen molar-refractivity contribution in [2.45, 2.75) is 44.8 Å². The fourth-order valence-electron chi connectivity index (χ4n) is 3.42. The van der Waals surface area contributed by atoms with Crippen molar-refractivity contribution in [2.24, 2.45) is 10.4 Å². The van der Waals surface area contributed by atoms with E-state index in [1.165, 1.54) is 6.42 Å². The molecule has 1 aromatic carbocycles. The van der Waals surface area contributed by atoms with Crippen LogP contribution in [0.4, 0.5) is 0 Å². The molecule has 1 saturated heterocycles. The summed E-state index contributed by atoms with van der Waals surface area (Å²) in [6.07, 6.45) is 5.65. The van der Waals surface area contributed by atoms with E-state index in [4.69, 9.17) is 9.47 Å². The Balaban J connectivity index is 1.52. The summed E-state index contributed by atoms with van der Waals surface area (Å²) in [6, 6.07) is 8.18. The number of aliphatic hydroxyl groups is 1. The van der Waals surface area contributed by atoms with E-state index in [1.54, 1.807) is 7.05 Å². The summed E-state index contributed by atoms with van der Waals surface area (Å²) in [5.41, 5.74) is 1.13. The van der Waals surface area contributed by atoms with Crippen LogP contribution in [0.3, 0.4) is 0 Å². The highest BCUT2D eigenvalue weighted by Gasteiger charge is 2.34. The third-order valence-corrected chi connectivity index (χ3v) is 5.45. The zero-order valence-electron chi connectivity index (χ0n) is 15.7. The molecule has 0 aromatic heterocycles. The number of hydrogen-bond acceptors (Lipinski definition) is 4. The van der Waals surface area contributed by atoms with Gasteiger partial charge in [-0.15, -0.1) is 0 Å². The number of rotatable bonds is 8. The van der Waals surface area contributed by atoms with E-state index < -0.39 is 0 Å². The molecule has 6 nitrogen and oxygen atoms in total. The fraction of sp³-hybridized carbons (Fsp3) is 0.650. The number of hydrogen-bond donors (Lipinski definition) is 3. The van der Waals surface area contributed by atoms with Gasteiger partial charge in [-0.25, -0.2) is 0 Å². The van der Waals surface area contributed by atoms with Crippen molar-refractivity contribution in [2.75, 3.05) is 33.4 Å². The second-order valence-corrected chi connectivity index (χ2v) is 7.33. The highest BCUT2D eigenvalue weighted by molar-refractivity contribution is 5.79. The molecule has 3 N–H and O–H groups in total. The topological polar surface area (TPSA) is 75.1 Å². The molecule has 6 heteroatoms. The third-order valence-electron chi connectivity index (χ3n) is 5.45. The molecule has 0 radical (unpaired) electrons. The van der Waals surface area contributed by atoms with E-state index in [0.717, 1.165) is 56.1 Å². The largest absolute Gasteiger partial charge is 0.490 e. The zero-order chi connectivity index (χ0) is 18.2. The molecule has 2 aliphatic rings. The van der Waals surface area contributed by atoms with E-state index >= 15 is 0 Å². The predicted octanol–water partition coefficient (Wildman–Crippen LogP) is 2.07. The van der Waals surface area contributed by atoms with Crippen LogP contribution in [-0.2, 0) is 11.3 Å². The van der Waals surface area contributed by atoms with Crippen molar-refractivity contribution in [3.63, 3.8) is 0 Å². The number of aliphatic imine (C=N–C) groups is 1. The van der Waals surface area contributed by atoms with Gasteiger partial charge in [0.2, 0.25) is 0 Å². The Bertz CT molecular complexity index is 596. The highest BCUT2D eigenvalue weighted by Crippen LogP contribution is 2.31. The molecule has 1 heterocycles. The lowest BCUT2D eigenvalue weighted by Gasteiger charge is -2.28. The van der Waals surface area contributed by atoms with Crippen LogP contribution < -0.4 is 15.4 Å². The van der Waals surface area contributed by atoms with Gasteiger partial charge in [-0.05, 0) is 38.2 Å². The van der Waals surface area contributed by atoms with Crippen molar-refractivity contribution in [3.05, 3.63) is 29.8 Å². The molecular formula is C20H31N3O3. The molecular weight excluding hydrogens is 330 g/mol. The second-order valence-electron chi connectivity index (χ2n) is 7.33. The molecule has 1 unspecified atom stereocenters. The summed E-state index contributed by atoms with van der Waals surface area (Å²) in [7, 11) is 1.77. The van der Waals surface area contributed by atoms with E-state index in [1.807, 2.05) is 18.2 Å². The van der Waals surface area contributed by atoms with Gasteiger partial charge in [0.15, 0.2) is 5.96 Å². The van der Waals surface area contributed by atoms with Crippen LogP contribution >= 0.6 is 0 Å². The minimum atomic E-state index is -0.00237. The van der Waals surface area contributed by atoms with Crippen LogP contribution in [0.15, 0.2) is 29.3 Å². The molecule has 1 aliphatic carbocycles. The summed E-state index contributed by atoms with van der Waals surface area (Å²) < 4.78 is 11.6. The molecule has 1 saturated carbocycles. The lowest BCUT2D eigenvalue weighted by molar-refractivity contribution is 0.119. The van der Waals surface area contributed by atoms with Crippen molar-refractivity contribution < 1.29 is 14.6 Å². The number of para-hydroxylation sites is 1. The van der Waals surface area contributed by atoms with E-state index in [9.17, 15) is 5.11 Å². The SMILES string of the molecule is CN=C(NCc1ccccc1OC1CCC1)NCC1(CCO)CCOC1. The Morgan fingerprint density at radius 1 is 1.35 bits per heavy atom. The Morgan fingerprint density at radius 3 is 2.85 bits per heavy atom. The lowest BCUT2D eigenvalue weighted by atomic mass is 9.84. The molecule has 1 aliphatic heterocycles. The van der Waals surface area contributed by atoms with Gasteiger partial charge < -0.3 is 25.2 Å². The molecule has 0 amide bonds. The van der Waals surface area contributed by atoms with Crippen LogP contribution in [0.1, 0.15) is 37.7 Å². The molecule has 0 bridgehead atoms. The molecule has 0 spiro atoms. The summed E-state index contributed by atoms with van der Waals surface area (Å²) >= 11 is 0. The minimum absolute atomic E-state index is 0.00237. The molecule has 3 rings (SSSR count). The molecule has 26 heavy (non-hydrogen) atoms. The third kappa shape index (κ3) is 4.89. The smallest absolute Gasteiger partial charge is 0.191 e. The van der Waals surface area contributed by atoms with Gasteiger partial charge in [0.1, 0.15) is 5.75 Å². The summed E-state index contributed by atoms with van der Waals surface area (Å²) in [5.74, 6) is 1.72. The van der Waals surface area contributed by atoms with Gasteiger partial charge in [0.05, 0.1) is 12.7 Å². The van der Waals surface area contributed by atoms with Gasteiger partial charge in [-0.3, -0.25) is 4.99 Å². The highest BCUT2D eigenvalue weighted by atomic mass is 16.5. The molecule has 2 fully saturated rings. The molecule has 1 atom stereocenters. The Hall–Kier alpha value is -1.79. The lowest BCUT2D eigenvalue weighted by Crippen LogP contribution is -2.44.